The molecule has 3 aromatic heterocycles. The smallest absolute Gasteiger partial charge is 0.141 e. The number of nitrogens with zero attached hydrogens (tertiary/aromatic N) is 2. The molecule has 5 heteroatoms. The summed E-state index contributed by atoms with van der Waals surface area (Å²) < 4.78 is 0. The Labute approximate surface area is 158 Å². The van der Waals surface area contributed by atoms with Gasteiger partial charge in [0.2, 0.25) is 0 Å². The lowest BCUT2D eigenvalue weighted by Gasteiger charge is -2.23. The summed E-state index contributed by atoms with van der Waals surface area (Å²) in [5.74, 6) is 1.09. The first-order chi connectivity index (χ1) is 13.2. The van der Waals surface area contributed by atoms with Gasteiger partial charge < -0.3 is 15.3 Å². The van der Waals surface area contributed by atoms with Gasteiger partial charge >= 0.3 is 0 Å². The molecule has 1 saturated heterocycles. The number of nitrogens with one attached hydrogen (secondary N) is 3. The van der Waals surface area contributed by atoms with Crippen LogP contribution >= 0.6 is 0 Å². The molecule has 5 rings (SSSR count). The summed E-state index contributed by atoms with van der Waals surface area (Å²) in [5.41, 5.74) is 7.27. The zero-order valence-electron chi connectivity index (χ0n) is 15.8. The monoisotopic (exact) mass is 359 g/mol. The first kappa shape index (κ1) is 16.5. The van der Waals surface area contributed by atoms with Gasteiger partial charge in [-0.3, -0.25) is 0 Å². The summed E-state index contributed by atoms with van der Waals surface area (Å²) in [6.45, 7) is 6.78. The third-order valence-electron chi connectivity index (χ3n) is 5.88. The van der Waals surface area contributed by atoms with Crippen molar-refractivity contribution < 1.29 is 0 Å². The molecule has 0 spiro atoms. The Morgan fingerprint density at radius 3 is 2.78 bits per heavy atom. The molecule has 1 fully saturated rings. The van der Waals surface area contributed by atoms with Crippen LogP contribution in [0, 0.1) is 0 Å². The van der Waals surface area contributed by atoms with Crippen molar-refractivity contribution in [3.05, 3.63) is 48.0 Å². The number of hydrogen-bond donors (Lipinski definition) is 3. The van der Waals surface area contributed by atoms with Crippen molar-refractivity contribution in [3.63, 3.8) is 0 Å². The van der Waals surface area contributed by atoms with Gasteiger partial charge in [0.05, 0.1) is 5.69 Å². The fourth-order valence-corrected chi connectivity index (χ4v) is 4.52. The van der Waals surface area contributed by atoms with E-state index in [-0.39, 0.29) is 0 Å². The number of hydrogen-bond acceptors (Lipinski definition) is 3. The van der Waals surface area contributed by atoms with Gasteiger partial charge in [-0.25, -0.2) is 9.97 Å². The molecule has 4 heterocycles. The molecule has 0 saturated carbocycles. The van der Waals surface area contributed by atoms with E-state index in [9.17, 15) is 0 Å². The van der Waals surface area contributed by atoms with Crippen LogP contribution in [0.25, 0.3) is 33.2 Å². The van der Waals surface area contributed by atoms with Crippen LogP contribution in [0.5, 0.6) is 0 Å². The van der Waals surface area contributed by atoms with Crippen molar-refractivity contribution in [1.82, 2.24) is 25.3 Å². The Balaban J connectivity index is 1.69. The van der Waals surface area contributed by atoms with Crippen LogP contribution < -0.4 is 5.32 Å². The van der Waals surface area contributed by atoms with E-state index >= 15 is 0 Å². The lowest BCUT2D eigenvalue weighted by molar-refractivity contribution is 0.460. The average molecular weight is 359 g/mol. The van der Waals surface area contributed by atoms with E-state index in [0.29, 0.717) is 11.8 Å². The highest BCUT2D eigenvalue weighted by atomic mass is 14.9. The first-order valence-corrected chi connectivity index (χ1v) is 9.86. The Bertz CT molecular complexity index is 1100. The van der Waals surface area contributed by atoms with Gasteiger partial charge in [0.15, 0.2) is 0 Å². The van der Waals surface area contributed by atoms with Crippen LogP contribution in [0.3, 0.4) is 0 Å². The summed E-state index contributed by atoms with van der Waals surface area (Å²) in [7, 11) is 0. The summed E-state index contributed by atoms with van der Waals surface area (Å²) in [5, 5.41) is 5.88. The van der Waals surface area contributed by atoms with Crippen molar-refractivity contribution in [2.24, 2.45) is 0 Å². The fourth-order valence-electron chi connectivity index (χ4n) is 4.52. The number of fused-ring (bicyclic) bond motifs is 2. The molecular weight excluding hydrogens is 334 g/mol. The van der Waals surface area contributed by atoms with E-state index in [1.165, 1.54) is 40.6 Å². The molecule has 0 amide bonds. The maximum Gasteiger partial charge on any atom is 0.141 e. The van der Waals surface area contributed by atoms with E-state index < -0.39 is 0 Å². The van der Waals surface area contributed by atoms with Crippen molar-refractivity contribution >= 4 is 21.9 Å². The predicted octanol–water partition coefficient (Wildman–Crippen LogP) is 4.70. The first-order valence-electron chi connectivity index (χ1n) is 9.86. The SMILES string of the molecule is CC(C)c1c(-c2c[nH]c3ncncc23)[nH]c2ccc(C3CCNCC3)cc12. The lowest BCUT2D eigenvalue weighted by Crippen LogP contribution is -2.26. The average Bonchev–Trinajstić information content (AvgIpc) is 3.29. The van der Waals surface area contributed by atoms with Gasteiger partial charge in [-0.15, -0.1) is 0 Å². The number of aromatic amines is 2. The second-order valence-corrected chi connectivity index (χ2v) is 7.89. The summed E-state index contributed by atoms with van der Waals surface area (Å²) >= 11 is 0. The minimum Gasteiger partial charge on any atom is -0.354 e. The largest absolute Gasteiger partial charge is 0.354 e. The summed E-state index contributed by atoms with van der Waals surface area (Å²) in [6.07, 6.45) is 7.97. The van der Waals surface area contributed by atoms with Crippen molar-refractivity contribution in [1.29, 1.82) is 0 Å². The number of benzene rings is 1. The van der Waals surface area contributed by atoms with E-state index in [1.54, 1.807) is 6.33 Å². The maximum absolute atomic E-state index is 4.34. The maximum atomic E-state index is 4.34. The minimum absolute atomic E-state index is 0.423. The Hall–Kier alpha value is -2.66. The highest BCUT2D eigenvalue weighted by Crippen LogP contribution is 2.39. The van der Waals surface area contributed by atoms with Crippen LogP contribution in [0.1, 0.15) is 49.7 Å². The van der Waals surface area contributed by atoms with E-state index in [4.69, 9.17) is 0 Å². The molecule has 1 aromatic carbocycles. The molecule has 0 bridgehead atoms. The van der Waals surface area contributed by atoms with Gasteiger partial charge in [0, 0.05) is 34.2 Å². The van der Waals surface area contributed by atoms with Crippen LogP contribution in [-0.4, -0.2) is 33.0 Å². The zero-order chi connectivity index (χ0) is 18.4. The van der Waals surface area contributed by atoms with Crippen LogP contribution in [0.15, 0.2) is 36.9 Å². The minimum atomic E-state index is 0.423. The van der Waals surface area contributed by atoms with Gasteiger partial charge in [0.1, 0.15) is 12.0 Å². The van der Waals surface area contributed by atoms with Gasteiger partial charge in [-0.1, -0.05) is 19.9 Å². The summed E-state index contributed by atoms with van der Waals surface area (Å²) in [4.78, 5) is 15.5. The third-order valence-corrected chi connectivity index (χ3v) is 5.88. The van der Waals surface area contributed by atoms with E-state index in [0.717, 1.165) is 29.7 Å². The highest BCUT2D eigenvalue weighted by molar-refractivity contribution is 5.99. The van der Waals surface area contributed by atoms with Crippen LogP contribution in [0.4, 0.5) is 0 Å². The molecule has 3 N–H and O–H groups in total. The molecule has 1 aliphatic heterocycles. The Kier molecular flexibility index (Phi) is 3.97. The predicted molar refractivity (Wildman–Crippen MR) is 110 cm³/mol. The molecule has 5 nitrogen and oxygen atoms in total. The Morgan fingerprint density at radius 2 is 1.96 bits per heavy atom. The number of H-pyrrole nitrogens is 2. The second-order valence-electron chi connectivity index (χ2n) is 7.89. The molecular formula is C22H25N5. The number of rotatable bonds is 3. The highest BCUT2D eigenvalue weighted by Gasteiger charge is 2.21. The molecule has 27 heavy (non-hydrogen) atoms. The van der Waals surface area contributed by atoms with Crippen LogP contribution in [-0.2, 0) is 0 Å². The van der Waals surface area contributed by atoms with Crippen molar-refractivity contribution in [2.45, 2.75) is 38.5 Å². The normalized spacial score (nSPS) is 16.0. The van der Waals surface area contributed by atoms with Gasteiger partial charge in [-0.2, -0.15) is 0 Å². The molecule has 138 valence electrons. The third kappa shape index (κ3) is 2.73. The quantitative estimate of drug-likeness (QED) is 0.497. The van der Waals surface area contributed by atoms with Crippen molar-refractivity contribution in [2.75, 3.05) is 13.1 Å². The zero-order valence-corrected chi connectivity index (χ0v) is 15.8. The van der Waals surface area contributed by atoms with Gasteiger partial charge in [0.25, 0.3) is 0 Å². The van der Waals surface area contributed by atoms with Gasteiger partial charge in [-0.05, 0) is 61.0 Å². The molecule has 0 atom stereocenters. The second kappa shape index (κ2) is 6.50. The lowest BCUT2D eigenvalue weighted by atomic mass is 9.88. The molecule has 4 aromatic rings. The fraction of sp³-hybridized carbons (Fsp3) is 0.364. The standard InChI is InChI=1S/C22H25N5/c1-13(2)20-16-9-15(14-5-7-23-8-6-14)3-4-19(16)27-21(20)17-11-25-22-18(17)10-24-12-26-22/h3-4,9-14,23,27H,5-8H2,1-2H3,(H,24,25,26). The molecule has 0 unspecified atom stereocenters. The molecule has 0 radical (unpaired) electrons. The molecule has 1 aliphatic rings. The number of piperidine rings is 1. The van der Waals surface area contributed by atoms with E-state index in [2.05, 4.69) is 57.3 Å². The topological polar surface area (TPSA) is 69.4 Å². The Morgan fingerprint density at radius 1 is 1.11 bits per heavy atom. The summed E-state index contributed by atoms with van der Waals surface area (Å²) in [6, 6.07) is 6.99. The van der Waals surface area contributed by atoms with Crippen molar-refractivity contribution in [3.8, 4) is 11.3 Å². The van der Waals surface area contributed by atoms with Crippen LogP contribution in [0.2, 0.25) is 0 Å². The molecule has 0 aliphatic carbocycles. The van der Waals surface area contributed by atoms with E-state index in [1.807, 2.05) is 12.4 Å². The number of aromatic nitrogens is 4.